The van der Waals surface area contributed by atoms with Crippen molar-refractivity contribution in [3.05, 3.63) is 35.3 Å². The largest absolute Gasteiger partial charge is 0.497 e. The maximum atomic E-state index is 12.3. The van der Waals surface area contributed by atoms with Gasteiger partial charge in [-0.3, -0.25) is 4.79 Å². The zero-order chi connectivity index (χ0) is 13.9. The van der Waals surface area contributed by atoms with Crippen LogP contribution in [0.25, 0.3) is 10.6 Å². The van der Waals surface area contributed by atoms with Gasteiger partial charge < -0.3 is 9.64 Å². The molecule has 1 fully saturated rings. The molecule has 0 bridgehead atoms. The van der Waals surface area contributed by atoms with Crippen LogP contribution in [0.1, 0.15) is 22.5 Å². The van der Waals surface area contributed by atoms with E-state index in [9.17, 15) is 4.79 Å². The molecule has 1 aromatic heterocycles. The number of nitrogens with zero attached hydrogens (tertiary/aromatic N) is 2. The predicted molar refractivity (Wildman–Crippen MR) is 79.2 cm³/mol. The van der Waals surface area contributed by atoms with Crippen LogP contribution < -0.4 is 4.74 Å². The summed E-state index contributed by atoms with van der Waals surface area (Å²) >= 11 is 1.45. The second-order valence-electron chi connectivity index (χ2n) is 4.76. The van der Waals surface area contributed by atoms with Crippen molar-refractivity contribution >= 4 is 17.2 Å². The number of carbonyl (C=O) groups excluding carboxylic acids is 1. The molecule has 1 amide bonds. The fraction of sp³-hybridized carbons (Fsp3) is 0.333. The van der Waals surface area contributed by atoms with Gasteiger partial charge in [0.15, 0.2) is 0 Å². The second kappa shape index (κ2) is 5.63. The van der Waals surface area contributed by atoms with Crippen LogP contribution in [0.3, 0.4) is 0 Å². The maximum absolute atomic E-state index is 12.3. The summed E-state index contributed by atoms with van der Waals surface area (Å²) in [6, 6.07) is 7.72. The summed E-state index contributed by atoms with van der Waals surface area (Å²) in [4.78, 5) is 19.3. The molecule has 1 aromatic carbocycles. The Morgan fingerprint density at radius 1 is 1.25 bits per heavy atom. The molecular weight excluding hydrogens is 272 g/mol. The highest BCUT2D eigenvalue weighted by Crippen LogP contribution is 2.28. The molecular formula is C15H16N2O2S. The Kier molecular flexibility index (Phi) is 3.69. The molecule has 1 saturated heterocycles. The van der Waals surface area contributed by atoms with Gasteiger partial charge in [-0.25, -0.2) is 4.98 Å². The Morgan fingerprint density at radius 3 is 2.60 bits per heavy atom. The van der Waals surface area contributed by atoms with Crippen LogP contribution in [-0.4, -0.2) is 36.0 Å². The average molecular weight is 288 g/mol. The van der Waals surface area contributed by atoms with E-state index >= 15 is 0 Å². The number of hydrogen-bond donors (Lipinski definition) is 0. The van der Waals surface area contributed by atoms with Gasteiger partial charge in [-0.2, -0.15) is 0 Å². The molecule has 104 valence electrons. The van der Waals surface area contributed by atoms with Crippen LogP contribution in [0.2, 0.25) is 0 Å². The minimum absolute atomic E-state index is 0.111. The molecule has 0 aliphatic carbocycles. The van der Waals surface area contributed by atoms with Gasteiger partial charge in [0, 0.05) is 18.7 Å². The van der Waals surface area contributed by atoms with Crippen LogP contribution in [-0.2, 0) is 0 Å². The van der Waals surface area contributed by atoms with E-state index in [1.807, 2.05) is 29.2 Å². The third-order valence-electron chi connectivity index (χ3n) is 3.45. The van der Waals surface area contributed by atoms with Crippen molar-refractivity contribution in [1.29, 1.82) is 0 Å². The highest BCUT2D eigenvalue weighted by Gasteiger charge is 2.21. The summed E-state index contributed by atoms with van der Waals surface area (Å²) in [7, 11) is 1.64. The standard InChI is InChI=1S/C15H16N2O2S/c1-19-12-6-4-11(5-7-12)14-16-10-13(20-14)15(18)17-8-2-3-9-17/h4-7,10H,2-3,8-9H2,1H3. The minimum atomic E-state index is 0.111. The van der Waals surface area contributed by atoms with E-state index in [0.29, 0.717) is 0 Å². The predicted octanol–water partition coefficient (Wildman–Crippen LogP) is 3.05. The van der Waals surface area contributed by atoms with Crippen molar-refractivity contribution in [2.24, 2.45) is 0 Å². The van der Waals surface area contributed by atoms with Crippen molar-refractivity contribution in [2.75, 3.05) is 20.2 Å². The molecule has 2 heterocycles. The van der Waals surface area contributed by atoms with E-state index < -0.39 is 0 Å². The van der Waals surface area contributed by atoms with Crippen LogP contribution in [0.15, 0.2) is 30.5 Å². The Balaban J connectivity index is 1.80. The first-order chi connectivity index (χ1) is 9.78. The lowest BCUT2D eigenvalue weighted by Crippen LogP contribution is -2.26. The normalized spacial score (nSPS) is 14.6. The third-order valence-corrected chi connectivity index (χ3v) is 4.48. The van der Waals surface area contributed by atoms with E-state index in [4.69, 9.17) is 4.74 Å². The van der Waals surface area contributed by atoms with E-state index in [2.05, 4.69) is 4.98 Å². The van der Waals surface area contributed by atoms with Crippen LogP contribution in [0.5, 0.6) is 5.75 Å². The topological polar surface area (TPSA) is 42.4 Å². The zero-order valence-electron chi connectivity index (χ0n) is 11.3. The molecule has 20 heavy (non-hydrogen) atoms. The second-order valence-corrected chi connectivity index (χ2v) is 5.79. The quantitative estimate of drug-likeness (QED) is 0.871. The summed E-state index contributed by atoms with van der Waals surface area (Å²) in [5.74, 6) is 0.929. The van der Waals surface area contributed by atoms with Gasteiger partial charge in [-0.15, -0.1) is 11.3 Å². The van der Waals surface area contributed by atoms with Crippen molar-refractivity contribution in [3.8, 4) is 16.3 Å². The lowest BCUT2D eigenvalue weighted by Gasteiger charge is -2.12. The molecule has 0 radical (unpaired) electrons. The first-order valence-electron chi connectivity index (χ1n) is 6.67. The number of rotatable bonds is 3. The molecule has 0 atom stereocenters. The Morgan fingerprint density at radius 2 is 1.95 bits per heavy atom. The van der Waals surface area contributed by atoms with Gasteiger partial charge in [0.2, 0.25) is 0 Å². The molecule has 5 heteroatoms. The smallest absolute Gasteiger partial charge is 0.265 e. The number of hydrogen-bond acceptors (Lipinski definition) is 4. The monoisotopic (exact) mass is 288 g/mol. The highest BCUT2D eigenvalue weighted by molar-refractivity contribution is 7.16. The summed E-state index contributed by atoms with van der Waals surface area (Å²) in [5.41, 5.74) is 1.01. The fourth-order valence-electron chi connectivity index (χ4n) is 2.32. The van der Waals surface area contributed by atoms with Crippen LogP contribution in [0.4, 0.5) is 0 Å². The zero-order valence-corrected chi connectivity index (χ0v) is 12.2. The van der Waals surface area contributed by atoms with E-state index in [0.717, 1.165) is 47.1 Å². The summed E-state index contributed by atoms with van der Waals surface area (Å²) in [6.45, 7) is 1.74. The van der Waals surface area contributed by atoms with E-state index in [1.165, 1.54) is 11.3 Å². The number of methoxy groups -OCH3 is 1. The van der Waals surface area contributed by atoms with Gasteiger partial charge in [0.05, 0.1) is 13.3 Å². The number of thiazole rings is 1. The maximum Gasteiger partial charge on any atom is 0.265 e. The first kappa shape index (κ1) is 13.1. The first-order valence-corrected chi connectivity index (χ1v) is 7.49. The number of likely N-dealkylation sites (tertiary alicyclic amines) is 1. The van der Waals surface area contributed by atoms with Gasteiger partial charge in [0.1, 0.15) is 15.6 Å². The Hall–Kier alpha value is -1.88. The molecule has 0 unspecified atom stereocenters. The van der Waals surface area contributed by atoms with Gasteiger partial charge in [0.25, 0.3) is 5.91 Å². The SMILES string of the molecule is COc1ccc(-c2ncc(C(=O)N3CCCC3)s2)cc1. The molecule has 2 aromatic rings. The fourth-order valence-corrected chi connectivity index (χ4v) is 3.21. The summed E-state index contributed by atoms with van der Waals surface area (Å²) in [5, 5.41) is 0.871. The minimum Gasteiger partial charge on any atom is -0.497 e. The number of aromatic nitrogens is 1. The van der Waals surface area contributed by atoms with E-state index in [-0.39, 0.29) is 5.91 Å². The van der Waals surface area contributed by atoms with Gasteiger partial charge in [-0.05, 0) is 37.1 Å². The highest BCUT2D eigenvalue weighted by atomic mass is 32.1. The van der Waals surface area contributed by atoms with Gasteiger partial charge in [-0.1, -0.05) is 0 Å². The number of carbonyl (C=O) groups is 1. The molecule has 0 N–H and O–H groups in total. The van der Waals surface area contributed by atoms with Crippen LogP contribution in [0, 0.1) is 0 Å². The van der Waals surface area contributed by atoms with Gasteiger partial charge >= 0.3 is 0 Å². The lowest BCUT2D eigenvalue weighted by molar-refractivity contribution is 0.0797. The average Bonchev–Trinajstić information content (AvgIpc) is 3.18. The molecule has 4 nitrogen and oxygen atoms in total. The molecule has 0 saturated carbocycles. The Bertz CT molecular complexity index is 601. The summed E-state index contributed by atoms with van der Waals surface area (Å²) < 4.78 is 5.14. The third kappa shape index (κ3) is 2.54. The number of benzene rings is 1. The molecule has 1 aliphatic heterocycles. The number of amides is 1. The van der Waals surface area contributed by atoms with Crippen LogP contribution >= 0.6 is 11.3 Å². The molecule has 1 aliphatic rings. The molecule has 0 spiro atoms. The lowest BCUT2D eigenvalue weighted by atomic mass is 10.2. The van der Waals surface area contributed by atoms with Crippen molar-refractivity contribution in [3.63, 3.8) is 0 Å². The van der Waals surface area contributed by atoms with Crippen molar-refractivity contribution < 1.29 is 9.53 Å². The number of ether oxygens (including phenoxy) is 1. The van der Waals surface area contributed by atoms with Crippen molar-refractivity contribution in [1.82, 2.24) is 9.88 Å². The molecule has 3 rings (SSSR count). The Labute approximate surface area is 122 Å². The summed E-state index contributed by atoms with van der Waals surface area (Å²) in [6.07, 6.45) is 3.90. The van der Waals surface area contributed by atoms with Crippen molar-refractivity contribution in [2.45, 2.75) is 12.8 Å². The van der Waals surface area contributed by atoms with E-state index in [1.54, 1.807) is 13.3 Å².